The molecular weight excluding hydrogens is 389 g/mol. The van der Waals surface area contributed by atoms with E-state index in [2.05, 4.69) is 5.16 Å². The summed E-state index contributed by atoms with van der Waals surface area (Å²) in [6.07, 6.45) is 0.343. The Morgan fingerprint density at radius 1 is 1.19 bits per heavy atom. The number of halogens is 2. The minimum absolute atomic E-state index is 0.230. The summed E-state index contributed by atoms with van der Waals surface area (Å²) in [6.45, 7) is 2.17. The van der Waals surface area contributed by atoms with E-state index in [4.69, 9.17) is 37.2 Å². The summed E-state index contributed by atoms with van der Waals surface area (Å²) >= 11 is 12.2. The molecule has 1 aliphatic rings. The van der Waals surface area contributed by atoms with Crippen molar-refractivity contribution in [3.05, 3.63) is 74.1 Å². The molecule has 0 N–H and O–H groups in total. The molecule has 4 rings (SSSR count). The van der Waals surface area contributed by atoms with E-state index in [0.29, 0.717) is 34.4 Å². The number of aryl methyl sites for hydroxylation is 1. The van der Waals surface area contributed by atoms with E-state index in [1.54, 1.807) is 18.2 Å². The zero-order valence-electron chi connectivity index (χ0n) is 14.4. The number of rotatable bonds is 4. The number of hydrogen-bond acceptors (Lipinski definition) is 5. The Kier molecular flexibility index (Phi) is 4.81. The number of ether oxygens (including phenoxy) is 1. The average Bonchev–Trinajstić information content (AvgIpc) is 3.08. The third-order valence-corrected chi connectivity index (χ3v) is 4.88. The second-order valence-corrected chi connectivity index (χ2v) is 7.15. The van der Waals surface area contributed by atoms with Crippen molar-refractivity contribution in [2.75, 3.05) is 6.61 Å². The lowest BCUT2D eigenvalue weighted by atomic mass is 10.1. The Labute approximate surface area is 165 Å². The predicted molar refractivity (Wildman–Crippen MR) is 105 cm³/mol. The molecule has 3 aromatic rings. The van der Waals surface area contributed by atoms with Gasteiger partial charge in [0, 0.05) is 34.5 Å². The maximum atomic E-state index is 11.5. The van der Waals surface area contributed by atoms with Crippen molar-refractivity contribution in [3.63, 3.8) is 0 Å². The largest absolute Gasteiger partial charge is 0.489 e. The van der Waals surface area contributed by atoms with Crippen LogP contribution in [0, 0.1) is 6.92 Å². The quantitative estimate of drug-likeness (QED) is 0.576. The molecule has 5 nitrogen and oxygen atoms in total. The first-order valence-corrected chi connectivity index (χ1v) is 9.10. The second kappa shape index (κ2) is 7.25. The van der Waals surface area contributed by atoms with Crippen molar-refractivity contribution in [1.82, 2.24) is 0 Å². The van der Waals surface area contributed by atoms with E-state index in [1.165, 1.54) is 6.07 Å². The molecule has 0 fully saturated rings. The number of fused-ring (bicyclic) bond motifs is 1. The van der Waals surface area contributed by atoms with Crippen molar-refractivity contribution in [2.45, 2.75) is 19.4 Å². The normalized spacial score (nSPS) is 16.3. The van der Waals surface area contributed by atoms with Gasteiger partial charge in [0.15, 0.2) is 6.10 Å². The van der Waals surface area contributed by atoms with E-state index in [9.17, 15) is 4.79 Å². The highest BCUT2D eigenvalue weighted by Crippen LogP contribution is 2.27. The molecule has 0 saturated carbocycles. The average molecular weight is 404 g/mol. The molecule has 1 atom stereocenters. The Bertz CT molecular complexity index is 1110. The van der Waals surface area contributed by atoms with Crippen LogP contribution < -0.4 is 10.4 Å². The molecule has 0 spiro atoms. The maximum Gasteiger partial charge on any atom is 0.336 e. The van der Waals surface area contributed by atoms with Crippen LogP contribution in [-0.4, -0.2) is 18.4 Å². The minimum Gasteiger partial charge on any atom is -0.489 e. The predicted octanol–water partition coefficient (Wildman–Crippen LogP) is 4.98. The zero-order valence-corrected chi connectivity index (χ0v) is 15.9. The van der Waals surface area contributed by atoms with Gasteiger partial charge >= 0.3 is 5.63 Å². The molecule has 1 aromatic heterocycles. The second-order valence-electron chi connectivity index (χ2n) is 6.31. The van der Waals surface area contributed by atoms with Crippen LogP contribution in [0.4, 0.5) is 0 Å². The summed E-state index contributed by atoms with van der Waals surface area (Å²) in [4.78, 5) is 17.0. The van der Waals surface area contributed by atoms with Gasteiger partial charge in [-0.2, -0.15) is 0 Å². The van der Waals surface area contributed by atoms with Crippen molar-refractivity contribution in [1.29, 1.82) is 0 Å². The summed E-state index contributed by atoms with van der Waals surface area (Å²) in [5.41, 5.74) is 2.53. The SMILES string of the molecule is Cc1cc(=O)oc2cc(OCC3CC(c4ccc(Cl)cc4Cl)=NO3)ccc12. The number of nitrogens with zero attached hydrogens (tertiary/aromatic N) is 1. The summed E-state index contributed by atoms with van der Waals surface area (Å²) in [5, 5.41) is 6.09. The first-order valence-electron chi connectivity index (χ1n) is 8.35. The Morgan fingerprint density at radius 3 is 2.85 bits per heavy atom. The van der Waals surface area contributed by atoms with Crippen LogP contribution in [-0.2, 0) is 4.84 Å². The highest BCUT2D eigenvalue weighted by Gasteiger charge is 2.24. The van der Waals surface area contributed by atoms with Gasteiger partial charge in [0.1, 0.15) is 17.9 Å². The van der Waals surface area contributed by atoms with Crippen LogP contribution in [0.2, 0.25) is 10.0 Å². The molecule has 2 heterocycles. The van der Waals surface area contributed by atoms with Crippen molar-refractivity contribution in [3.8, 4) is 5.75 Å². The van der Waals surface area contributed by atoms with Gasteiger partial charge in [0.2, 0.25) is 0 Å². The van der Waals surface area contributed by atoms with E-state index < -0.39 is 0 Å². The number of oxime groups is 1. The Morgan fingerprint density at radius 2 is 2.04 bits per heavy atom. The first kappa shape index (κ1) is 17.9. The monoisotopic (exact) mass is 403 g/mol. The van der Waals surface area contributed by atoms with Gasteiger partial charge in [-0.25, -0.2) is 4.79 Å². The summed E-state index contributed by atoms with van der Waals surface area (Å²) in [5.74, 6) is 0.595. The van der Waals surface area contributed by atoms with Gasteiger partial charge in [-0.15, -0.1) is 0 Å². The lowest BCUT2D eigenvalue weighted by molar-refractivity contribution is 0.0471. The molecule has 0 radical (unpaired) electrons. The van der Waals surface area contributed by atoms with Gasteiger partial charge in [0.25, 0.3) is 0 Å². The minimum atomic E-state index is -0.380. The van der Waals surface area contributed by atoms with Crippen molar-refractivity contribution >= 4 is 39.9 Å². The van der Waals surface area contributed by atoms with Crippen molar-refractivity contribution < 1.29 is 14.0 Å². The fourth-order valence-electron chi connectivity index (χ4n) is 2.98. The molecule has 27 heavy (non-hydrogen) atoms. The van der Waals surface area contributed by atoms with Crippen LogP contribution in [0.1, 0.15) is 17.5 Å². The third kappa shape index (κ3) is 3.80. The van der Waals surface area contributed by atoms with Crippen LogP contribution in [0.3, 0.4) is 0 Å². The Hall–Kier alpha value is -2.50. The maximum absolute atomic E-state index is 11.5. The molecule has 0 amide bonds. The summed E-state index contributed by atoms with van der Waals surface area (Å²) in [7, 11) is 0. The molecule has 1 aliphatic heterocycles. The van der Waals surface area contributed by atoms with Crippen molar-refractivity contribution in [2.24, 2.45) is 5.16 Å². The van der Waals surface area contributed by atoms with Crippen LogP contribution in [0.15, 0.2) is 56.8 Å². The molecule has 2 aromatic carbocycles. The van der Waals surface area contributed by atoms with Gasteiger partial charge in [0.05, 0.1) is 10.7 Å². The highest BCUT2D eigenvalue weighted by molar-refractivity contribution is 6.37. The molecular formula is C20H15Cl2NO4. The van der Waals surface area contributed by atoms with E-state index >= 15 is 0 Å². The van der Waals surface area contributed by atoms with Gasteiger partial charge < -0.3 is 14.0 Å². The van der Waals surface area contributed by atoms with Crippen LogP contribution >= 0.6 is 23.2 Å². The van der Waals surface area contributed by atoms with Crippen LogP contribution in [0.25, 0.3) is 11.0 Å². The number of hydrogen-bond donors (Lipinski definition) is 0. The standard InChI is InChI=1S/C20H15Cl2NO4/c1-11-6-20(24)26-19-9-13(3-5-15(11)19)25-10-14-8-18(23-27-14)16-4-2-12(21)7-17(16)22/h2-7,9,14H,8,10H2,1H3. The van der Waals surface area contributed by atoms with Gasteiger partial charge in [-0.05, 0) is 36.8 Å². The smallest absolute Gasteiger partial charge is 0.336 e. The van der Waals surface area contributed by atoms with Gasteiger partial charge in [-0.1, -0.05) is 34.4 Å². The zero-order chi connectivity index (χ0) is 19.0. The molecule has 0 saturated heterocycles. The lowest BCUT2D eigenvalue weighted by Gasteiger charge is -2.11. The highest BCUT2D eigenvalue weighted by atomic mass is 35.5. The van der Waals surface area contributed by atoms with Crippen LogP contribution in [0.5, 0.6) is 5.75 Å². The molecule has 1 unspecified atom stereocenters. The fourth-order valence-corrected chi connectivity index (χ4v) is 3.50. The lowest BCUT2D eigenvalue weighted by Crippen LogP contribution is -2.18. The summed E-state index contributed by atoms with van der Waals surface area (Å²) < 4.78 is 11.0. The first-order chi connectivity index (χ1) is 13.0. The Balaban J connectivity index is 1.43. The summed E-state index contributed by atoms with van der Waals surface area (Å²) in [6, 6.07) is 12.1. The topological polar surface area (TPSA) is 61.0 Å². The third-order valence-electron chi connectivity index (χ3n) is 4.33. The molecule has 0 aliphatic carbocycles. The molecule has 7 heteroatoms. The molecule has 138 valence electrons. The fraction of sp³-hybridized carbons (Fsp3) is 0.200. The van der Waals surface area contributed by atoms with E-state index in [-0.39, 0.29) is 11.7 Å². The number of benzene rings is 2. The van der Waals surface area contributed by atoms with Gasteiger partial charge in [-0.3, -0.25) is 0 Å². The van der Waals surface area contributed by atoms with E-state index in [0.717, 1.165) is 22.2 Å². The molecule has 0 bridgehead atoms. The van der Waals surface area contributed by atoms with E-state index in [1.807, 2.05) is 25.1 Å².